The Morgan fingerprint density at radius 2 is 1.81 bits per heavy atom. The van der Waals surface area contributed by atoms with Crippen molar-refractivity contribution in [2.24, 2.45) is 0 Å². The van der Waals surface area contributed by atoms with Gasteiger partial charge in [-0.2, -0.15) is 18.3 Å². The molecule has 2 heterocycles. The smallest absolute Gasteiger partial charge is 0.337 e. The number of benzene rings is 1. The van der Waals surface area contributed by atoms with Gasteiger partial charge in [-0.25, -0.2) is 9.50 Å². The van der Waals surface area contributed by atoms with E-state index in [9.17, 15) is 18.0 Å². The fraction of sp³-hybridized carbons (Fsp3) is 0.381. The molecule has 5 nitrogen and oxygen atoms in total. The van der Waals surface area contributed by atoms with Gasteiger partial charge in [0.2, 0.25) is 0 Å². The van der Waals surface area contributed by atoms with Crippen molar-refractivity contribution in [3.63, 3.8) is 0 Å². The summed E-state index contributed by atoms with van der Waals surface area (Å²) in [5.41, 5.74) is -0.750. The van der Waals surface area contributed by atoms with E-state index in [0.29, 0.717) is 10.1 Å². The maximum atomic E-state index is 13.8. The van der Waals surface area contributed by atoms with Crippen molar-refractivity contribution in [3.8, 4) is 11.3 Å². The van der Waals surface area contributed by atoms with Gasteiger partial charge in [-0.1, -0.05) is 48.5 Å². The molecule has 1 aliphatic carbocycles. The predicted octanol–water partition coefficient (Wildman–Crippen LogP) is 6.13. The van der Waals surface area contributed by atoms with E-state index in [1.54, 1.807) is 11.9 Å². The van der Waals surface area contributed by atoms with Crippen LogP contribution in [0.3, 0.4) is 0 Å². The van der Waals surface area contributed by atoms with Crippen LogP contribution in [-0.2, 0) is 6.18 Å². The van der Waals surface area contributed by atoms with Crippen molar-refractivity contribution < 1.29 is 18.0 Å². The summed E-state index contributed by atoms with van der Waals surface area (Å²) in [7, 11) is 1.67. The summed E-state index contributed by atoms with van der Waals surface area (Å²) in [5, 5.41) is 4.44. The summed E-state index contributed by atoms with van der Waals surface area (Å²) in [5.74, 6) is -0.415. The van der Waals surface area contributed by atoms with Crippen molar-refractivity contribution in [1.29, 1.82) is 0 Å². The van der Waals surface area contributed by atoms with E-state index in [-0.39, 0.29) is 33.1 Å². The second-order valence-corrected chi connectivity index (χ2v) is 8.48. The van der Waals surface area contributed by atoms with Crippen molar-refractivity contribution in [2.75, 3.05) is 7.05 Å². The molecule has 2 aromatic heterocycles. The second kappa shape index (κ2) is 8.31. The van der Waals surface area contributed by atoms with Gasteiger partial charge in [0, 0.05) is 24.7 Å². The summed E-state index contributed by atoms with van der Waals surface area (Å²) >= 11 is 11.9. The predicted molar refractivity (Wildman–Crippen MR) is 112 cm³/mol. The van der Waals surface area contributed by atoms with E-state index in [0.717, 1.165) is 38.2 Å². The summed E-state index contributed by atoms with van der Waals surface area (Å²) in [6, 6.07) is 6.71. The SMILES string of the molecule is CN(C(=O)c1cc2nc(-c3ccc(Cl)c(Cl)c3)cc(C(F)(F)F)n2n1)C1CCCCC1. The first kappa shape index (κ1) is 21.9. The van der Waals surface area contributed by atoms with Crippen LogP contribution in [0.1, 0.15) is 48.3 Å². The minimum absolute atomic E-state index is 0.0536. The Labute approximate surface area is 186 Å². The molecule has 0 N–H and O–H groups in total. The van der Waals surface area contributed by atoms with Crippen molar-refractivity contribution in [1.82, 2.24) is 19.5 Å². The van der Waals surface area contributed by atoms with E-state index in [1.165, 1.54) is 24.3 Å². The van der Waals surface area contributed by atoms with E-state index in [4.69, 9.17) is 23.2 Å². The van der Waals surface area contributed by atoms with E-state index < -0.39 is 17.8 Å². The first-order valence-corrected chi connectivity index (χ1v) is 10.6. The minimum Gasteiger partial charge on any atom is -0.337 e. The summed E-state index contributed by atoms with van der Waals surface area (Å²) < 4.78 is 42.0. The van der Waals surface area contributed by atoms with E-state index >= 15 is 0 Å². The number of rotatable bonds is 3. The Balaban J connectivity index is 1.78. The van der Waals surface area contributed by atoms with Gasteiger partial charge in [0.1, 0.15) is 0 Å². The third-order valence-electron chi connectivity index (χ3n) is 5.59. The quantitative estimate of drug-likeness (QED) is 0.462. The van der Waals surface area contributed by atoms with Crippen LogP contribution in [0.15, 0.2) is 30.3 Å². The lowest BCUT2D eigenvalue weighted by molar-refractivity contribution is -0.142. The molecule has 0 spiro atoms. The van der Waals surface area contributed by atoms with Crippen LogP contribution in [0.4, 0.5) is 13.2 Å². The Kier molecular flexibility index (Phi) is 5.87. The van der Waals surface area contributed by atoms with Crippen LogP contribution in [0.25, 0.3) is 16.9 Å². The minimum atomic E-state index is -4.70. The van der Waals surface area contributed by atoms with Crippen LogP contribution in [0.5, 0.6) is 0 Å². The number of hydrogen-bond donors (Lipinski definition) is 0. The molecule has 3 aromatic rings. The lowest BCUT2D eigenvalue weighted by atomic mass is 9.94. The second-order valence-electron chi connectivity index (χ2n) is 7.66. The van der Waals surface area contributed by atoms with Gasteiger partial charge in [0.05, 0.1) is 15.7 Å². The Bertz CT molecular complexity index is 1140. The standard InChI is InChI=1S/C21H19Cl2F3N4O/c1-29(13-5-3-2-4-6-13)20(31)17-11-19-27-16(12-7-8-14(22)15(23)9-12)10-18(21(24,25)26)30(19)28-17/h7-11,13H,2-6H2,1H3. The van der Waals surface area contributed by atoms with Gasteiger partial charge in [-0.15, -0.1) is 0 Å². The zero-order chi connectivity index (χ0) is 22.3. The fourth-order valence-electron chi connectivity index (χ4n) is 3.90. The molecule has 0 atom stereocenters. The highest BCUT2D eigenvalue weighted by atomic mass is 35.5. The molecule has 0 aliphatic heterocycles. The summed E-state index contributed by atoms with van der Waals surface area (Å²) in [4.78, 5) is 18.8. The van der Waals surface area contributed by atoms with Crippen LogP contribution in [0.2, 0.25) is 10.0 Å². The molecule has 10 heteroatoms. The Morgan fingerprint density at radius 3 is 2.45 bits per heavy atom. The molecule has 0 unspecified atom stereocenters. The normalized spacial score (nSPS) is 15.4. The van der Waals surface area contributed by atoms with Crippen LogP contribution in [0, 0.1) is 0 Å². The molecule has 1 saturated carbocycles. The highest BCUT2D eigenvalue weighted by molar-refractivity contribution is 6.42. The first-order chi connectivity index (χ1) is 14.6. The zero-order valence-electron chi connectivity index (χ0n) is 16.6. The lowest BCUT2D eigenvalue weighted by Gasteiger charge is -2.30. The van der Waals surface area contributed by atoms with Crippen molar-refractivity contribution >= 4 is 34.8 Å². The fourth-order valence-corrected chi connectivity index (χ4v) is 4.20. The number of aromatic nitrogens is 3. The number of hydrogen-bond acceptors (Lipinski definition) is 3. The maximum absolute atomic E-state index is 13.8. The molecule has 4 rings (SSSR count). The molecule has 0 bridgehead atoms. The summed E-state index contributed by atoms with van der Waals surface area (Å²) in [6.07, 6.45) is 0.240. The average Bonchev–Trinajstić information content (AvgIpc) is 3.18. The highest BCUT2D eigenvalue weighted by Crippen LogP contribution is 2.34. The maximum Gasteiger partial charge on any atom is 0.433 e. The summed E-state index contributed by atoms with van der Waals surface area (Å²) in [6.45, 7) is 0. The lowest BCUT2D eigenvalue weighted by Crippen LogP contribution is -2.38. The van der Waals surface area contributed by atoms with Gasteiger partial charge >= 0.3 is 6.18 Å². The number of halogens is 5. The number of nitrogens with zero attached hydrogens (tertiary/aromatic N) is 4. The van der Waals surface area contributed by atoms with Crippen molar-refractivity contribution in [3.05, 3.63) is 51.8 Å². The highest BCUT2D eigenvalue weighted by Gasteiger charge is 2.36. The Hall–Kier alpha value is -2.32. The number of fused-ring (bicyclic) bond motifs is 1. The van der Waals surface area contributed by atoms with Gasteiger partial charge in [-0.3, -0.25) is 4.79 Å². The van der Waals surface area contributed by atoms with Crippen LogP contribution >= 0.6 is 23.2 Å². The third kappa shape index (κ3) is 4.36. The van der Waals surface area contributed by atoms with Gasteiger partial charge in [0.25, 0.3) is 5.91 Å². The molecule has 164 valence electrons. The van der Waals surface area contributed by atoms with E-state index in [1.807, 2.05) is 0 Å². The van der Waals surface area contributed by atoms with Crippen LogP contribution < -0.4 is 0 Å². The third-order valence-corrected chi connectivity index (χ3v) is 6.33. The number of amides is 1. The molecule has 1 amide bonds. The van der Waals surface area contributed by atoms with E-state index in [2.05, 4.69) is 10.1 Å². The van der Waals surface area contributed by atoms with Crippen molar-refractivity contribution in [2.45, 2.75) is 44.3 Å². The Morgan fingerprint density at radius 1 is 1.10 bits per heavy atom. The number of alkyl halides is 3. The molecular weight excluding hydrogens is 452 g/mol. The molecule has 1 aromatic carbocycles. The molecular formula is C21H19Cl2F3N4O. The first-order valence-electron chi connectivity index (χ1n) is 9.86. The molecule has 0 radical (unpaired) electrons. The molecule has 1 aliphatic rings. The van der Waals surface area contributed by atoms with Gasteiger partial charge in [-0.05, 0) is 31.0 Å². The zero-order valence-corrected chi connectivity index (χ0v) is 18.1. The molecule has 31 heavy (non-hydrogen) atoms. The van der Waals surface area contributed by atoms with Gasteiger partial charge < -0.3 is 4.90 Å². The topological polar surface area (TPSA) is 50.5 Å². The molecule has 1 fully saturated rings. The van der Waals surface area contributed by atoms with Crippen LogP contribution in [-0.4, -0.2) is 38.5 Å². The largest absolute Gasteiger partial charge is 0.433 e. The molecule has 0 saturated heterocycles. The average molecular weight is 471 g/mol. The monoisotopic (exact) mass is 470 g/mol. The number of carbonyl (C=O) groups is 1. The number of carbonyl (C=O) groups excluding carboxylic acids is 1. The van der Waals surface area contributed by atoms with Gasteiger partial charge in [0.15, 0.2) is 17.0 Å².